The van der Waals surface area contributed by atoms with Gasteiger partial charge in [0.15, 0.2) is 0 Å². The van der Waals surface area contributed by atoms with E-state index in [2.05, 4.69) is 10.1 Å². The van der Waals surface area contributed by atoms with E-state index in [1.807, 2.05) is 25.1 Å². The molecule has 1 aromatic carbocycles. The largest absolute Gasteiger partial charge is 0.497 e. The first-order valence-corrected chi connectivity index (χ1v) is 6.07. The second kappa shape index (κ2) is 11.5. The minimum atomic E-state index is 0.342. The lowest BCUT2D eigenvalue weighted by molar-refractivity contribution is -0.107. The number of benzene rings is 1. The van der Waals surface area contributed by atoms with Crippen molar-refractivity contribution in [2.24, 2.45) is 0 Å². The van der Waals surface area contributed by atoms with Crippen molar-refractivity contribution in [1.82, 2.24) is 5.32 Å². The van der Waals surface area contributed by atoms with Gasteiger partial charge in [-0.1, -0.05) is 6.07 Å². The van der Waals surface area contributed by atoms with Crippen molar-refractivity contribution in [2.45, 2.75) is 13.5 Å². The van der Waals surface area contributed by atoms with E-state index in [4.69, 9.17) is 9.47 Å². The molecule has 0 bridgehead atoms. The number of rotatable bonds is 7. The molecule has 0 saturated heterocycles. The van der Waals surface area contributed by atoms with Crippen LogP contribution in [0, 0.1) is 0 Å². The molecule has 1 aromatic rings. The Morgan fingerprint density at radius 2 is 1.89 bits per heavy atom. The van der Waals surface area contributed by atoms with E-state index in [1.165, 1.54) is 0 Å². The molecule has 0 atom stereocenters. The third kappa shape index (κ3) is 7.43. The third-order valence-electron chi connectivity index (χ3n) is 2.33. The lowest BCUT2D eigenvalue weighted by Gasteiger charge is -2.10. The summed E-state index contributed by atoms with van der Waals surface area (Å²) < 4.78 is 14.8. The topological polar surface area (TPSA) is 56.8 Å². The van der Waals surface area contributed by atoms with Gasteiger partial charge in [-0.3, -0.25) is 0 Å². The Morgan fingerprint density at radius 1 is 1.21 bits per heavy atom. The number of nitrogens with one attached hydrogen (secondary N) is 1. The van der Waals surface area contributed by atoms with E-state index in [1.54, 1.807) is 21.3 Å². The fourth-order valence-corrected chi connectivity index (χ4v) is 1.26. The minimum Gasteiger partial charge on any atom is -0.497 e. The molecule has 0 aromatic heterocycles. The highest BCUT2D eigenvalue weighted by Crippen LogP contribution is 2.24. The van der Waals surface area contributed by atoms with Gasteiger partial charge >= 0.3 is 0 Å². The Balaban J connectivity index is 0.000000711. The monoisotopic (exact) mass is 269 g/mol. The molecule has 0 saturated carbocycles. The van der Waals surface area contributed by atoms with Gasteiger partial charge in [-0.2, -0.15) is 0 Å². The molecule has 19 heavy (non-hydrogen) atoms. The Morgan fingerprint density at radius 3 is 2.37 bits per heavy atom. The molecular formula is C14H23NO4. The Labute approximate surface area is 114 Å². The van der Waals surface area contributed by atoms with E-state index in [0.717, 1.165) is 30.0 Å². The van der Waals surface area contributed by atoms with Crippen molar-refractivity contribution in [3.8, 4) is 11.5 Å². The fourth-order valence-electron chi connectivity index (χ4n) is 1.26. The van der Waals surface area contributed by atoms with Crippen molar-refractivity contribution in [3.05, 3.63) is 23.8 Å². The second-order valence-electron chi connectivity index (χ2n) is 3.55. The zero-order valence-corrected chi connectivity index (χ0v) is 12.1. The van der Waals surface area contributed by atoms with Gasteiger partial charge in [0.05, 0.1) is 20.8 Å². The first kappa shape index (κ1) is 17.4. The van der Waals surface area contributed by atoms with Crippen LogP contribution in [0.1, 0.15) is 12.5 Å². The van der Waals surface area contributed by atoms with Crippen LogP contribution in [0.2, 0.25) is 0 Å². The first-order chi connectivity index (χ1) is 9.23. The zero-order valence-electron chi connectivity index (χ0n) is 12.1. The average molecular weight is 269 g/mol. The molecule has 5 heteroatoms. The SMILES string of the molecule is CCOC.COc1ccc(CNCC=O)c(OC)c1. The first-order valence-electron chi connectivity index (χ1n) is 6.07. The molecule has 1 N–H and O–H groups in total. The molecule has 0 spiro atoms. The van der Waals surface area contributed by atoms with Crippen LogP contribution in [0.5, 0.6) is 11.5 Å². The Bertz CT molecular complexity index is 353. The quantitative estimate of drug-likeness (QED) is 0.602. The normalized spacial score (nSPS) is 9.26. The van der Waals surface area contributed by atoms with Gasteiger partial charge in [0.25, 0.3) is 0 Å². The highest BCUT2D eigenvalue weighted by atomic mass is 16.5. The van der Waals surface area contributed by atoms with Crippen LogP contribution in [0.15, 0.2) is 18.2 Å². The van der Waals surface area contributed by atoms with Gasteiger partial charge in [-0.05, 0) is 13.0 Å². The van der Waals surface area contributed by atoms with Crippen molar-refractivity contribution in [2.75, 3.05) is 34.5 Å². The van der Waals surface area contributed by atoms with E-state index >= 15 is 0 Å². The van der Waals surface area contributed by atoms with Crippen LogP contribution in [-0.4, -0.2) is 40.8 Å². The molecule has 0 heterocycles. The van der Waals surface area contributed by atoms with Gasteiger partial charge < -0.3 is 24.3 Å². The minimum absolute atomic E-state index is 0.342. The average Bonchev–Trinajstić information content (AvgIpc) is 2.48. The molecule has 0 aliphatic carbocycles. The molecule has 0 aliphatic heterocycles. The molecule has 1 rings (SSSR count). The van der Waals surface area contributed by atoms with Crippen molar-refractivity contribution in [1.29, 1.82) is 0 Å². The van der Waals surface area contributed by atoms with Crippen LogP contribution >= 0.6 is 0 Å². The molecular weight excluding hydrogens is 246 g/mol. The number of ether oxygens (including phenoxy) is 3. The van der Waals surface area contributed by atoms with Gasteiger partial charge in [-0.25, -0.2) is 0 Å². The maximum Gasteiger partial charge on any atom is 0.133 e. The molecule has 0 radical (unpaired) electrons. The maximum atomic E-state index is 10.1. The summed E-state index contributed by atoms with van der Waals surface area (Å²) in [4.78, 5) is 10.1. The summed E-state index contributed by atoms with van der Waals surface area (Å²) in [7, 11) is 4.90. The maximum absolute atomic E-state index is 10.1. The number of hydrogen-bond donors (Lipinski definition) is 1. The third-order valence-corrected chi connectivity index (χ3v) is 2.33. The number of aldehydes is 1. The van der Waals surface area contributed by atoms with Crippen LogP contribution in [-0.2, 0) is 16.1 Å². The number of carbonyl (C=O) groups excluding carboxylic acids is 1. The summed E-state index contributed by atoms with van der Waals surface area (Å²) >= 11 is 0. The summed E-state index contributed by atoms with van der Waals surface area (Å²) in [5.41, 5.74) is 1.00. The van der Waals surface area contributed by atoms with E-state index < -0.39 is 0 Å². The molecule has 0 unspecified atom stereocenters. The summed E-state index contributed by atoms with van der Waals surface area (Å²) in [5, 5.41) is 2.97. The standard InChI is InChI=1S/C11H15NO3.C3H8O/c1-14-10-4-3-9(8-12-5-6-13)11(7-10)15-2;1-3-4-2/h3-4,6-7,12H,5,8H2,1-2H3;3H2,1-2H3. The molecule has 5 nitrogen and oxygen atoms in total. The lowest BCUT2D eigenvalue weighted by atomic mass is 10.2. The number of methoxy groups -OCH3 is 3. The van der Waals surface area contributed by atoms with Crippen LogP contribution < -0.4 is 14.8 Å². The summed E-state index contributed by atoms with van der Waals surface area (Å²) in [5.74, 6) is 1.51. The predicted octanol–water partition coefficient (Wildman–Crippen LogP) is 1.64. The zero-order chi connectivity index (χ0) is 14.5. The van der Waals surface area contributed by atoms with Crippen molar-refractivity contribution < 1.29 is 19.0 Å². The molecule has 0 fully saturated rings. The van der Waals surface area contributed by atoms with Crippen LogP contribution in [0.4, 0.5) is 0 Å². The Hall–Kier alpha value is -1.59. The van der Waals surface area contributed by atoms with Crippen LogP contribution in [0.25, 0.3) is 0 Å². The predicted molar refractivity (Wildman–Crippen MR) is 74.9 cm³/mol. The smallest absolute Gasteiger partial charge is 0.133 e. The molecule has 0 amide bonds. The molecule has 0 aliphatic rings. The highest BCUT2D eigenvalue weighted by Gasteiger charge is 2.03. The van der Waals surface area contributed by atoms with E-state index in [9.17, 15) is 4.79 Å². The van der Waals surface area contributed by atoms with Crippen molar-refractivity contribution >= 4 is 6.29 Å². The van der Waals surface area contributed by atoms with Gasteiger partial charge in [0.2, 0.25) is 0 Å². The number of hydrogen-bond acceptors (Lipinski definition) is 5. The van der Waals surface area contributed by atoms with Gasteiger partial charge in [0, 0.05) is 31.9 Å². The molecule has 108 valence electrons. The number of carbonyl (C=O) groups is 1. The Kier molecular flexibility index (Phi) is 10.5. The van der Waals surface area contributed by atoms with Gasteiger partial charge in [-0.15, -0.1) is 0 Å². The van der Waals surface area contributed by atoms with E-state index in [0.29, 0.717) is 13.1 Å². The summed E-state index contributed by atoms with van der Waals surface area (Å²) in [6.45, 7) is 3.72. The second-order valence-corrected chi connectivity index (χ2v) is 3.55. The van der Waals surface area contributed by atoms with Gasteiger partial charge in [0.1, 0.15) is 17.8 Å². The van der Waals surface area contributed by atoms with Crippen LogP contribution in [0.3, 0.4) is 0 Å². The van der Waals surface area contributed by atoms with E-state index in [-0.39, 0.29) is 0 Å². The fraction of sp³-hybridized carbons (Fsp3) is 0.500. The summed E-state index contributed by atoms with van der Waals surface area (Å²) in [6, 6.07) is 5.59. The summed E-state index contributed by atoms with van der Waals surface area (Å²) in [6.07, 6.45) is 0.829. The van der Waals surface area contributed by atoms with Crippen molar-refractivity contribution in [3.63, 3.8) is 0 Å². The highest BCUT2D eigenvalue weighted by molar-refractivity contribution is 5.52. The lowest BCUT2D eigenvalue weighted by Crippen LogP contribution is -2.15.